The molecule has 0 radical (unpaired) electrons. The number of carbonyl (C=O) groups is 1. The Labute approximate surface area is 98.1 Å². The Hall–Kier alpha value is -2.04. The van der Waals surface area contributed by atoms with Gasteiger partial charge < -0.3 is 0 Å². The van der Waals surface area contributed by atoms with Crippen molar-refractivity contribution in [2.45, 2.75) is 13.8 Å². The lowest BCUT2D eigenvalue weighted by atomic mass is 10.1. The largest absolute Gasteiger partial charge is 0.292 e. The molecular formula is C12H12FN3O. The van der Waals surface area contributed by atoms with Crippen LogP contribution in [-0.4, -0.2) is 20.8 Å². The summed E-state index contributed by atoms with van der Waals surface area (Å²) in [6.45, 7) is 3.61. The molecular weight excluding hydrogens is 221 g/mol. The van der Waals surface area contributed by atoms with Crippen LogP contribution in [0.25, 0.3) is 5.69 Å². The number of hydrogen-bond donors (Lipinski definition) is 0. The second kappa shape index (κ2) is 4.45. The standard InChI is InChI=1S/C12H12FN3O/c1-8(2)12(17)11-7-16(15-14-11)10-5-3-9(13)4-6-10/h3-8H,1-2H3. The fourth-order valence-electron chi connectivity index (χ4n) is 1.39. The molecule has 1 heterocycles. The molecule has 1 aromatic heterocycles. The van der Waals surface area contributed by atoms with Gasteiger partial charge in [-0.2, -0.15) is 0 Å². The lowest BCUT2D eigenvalue weighted by molar-refractivity contribution is 0.0934. The summed E-state index contributed by atoms with van der Waals surface area (Å²) in [6, 6.07) is 5.82. The molecule has 0 fully saturated rings. The van der Waals surface area contributed by atoms with E-state index in [1.807, 2.05) is 0 Å². The van der Waals surface area contributed by atoms with Gasteiger partial charge in [0.15, 0.2) is 5.78 Å². The van der Waals surface area contributed by atoms with E-state index in [4.69, 9.17) is 0 Å². The number of hydrogen-bond acceptors (Lipinski definition) is 3. The van der Waals surface area contributed by atoms with Gasteiger partial charge in [-0.05, 0) is 24.3 Å². The molecule has 0 spiro atoms. The second-order valence-electron chi connectivity index (χ2n) is 4.04. The number of halogens is 1. The number of carbonyl (C=O) groups excluding carboxylic acids is 1. The third-order valence-corrected chi connectivity index (χ3v) is 2.36. The normalized spacial score (nSPS) is 10.8. The molecule has 0 aliphatic rings. The first-order valence-corrected chi connectivity index (χ1v) is 5.30. The molecule has 5 heteroatoms. The minimum absolute atomic E-state index is 0.0571. The third-order valence-electron chi connectivity index (χ3n) is 2.36. The second-order valence-corrected chi connectivity index (χ2v) is 4.04. The number of nitrogens with zero attached hydrogens (tertiary/aromatic N) is 3. The van der Waals surface area contributed by atoms with E-state index in [1.54, 1.807) is 32.2 Å². The number of rotatable bonds is 3. The summed E-state index contributed by atoms with van der Waals surface area (Å²) < 4.78 is 14.2. The molecule has 0 aliphatic carbocycles. The first-order valence-electron chi connectivity index (χ1n) is 5.30. The Morgan fingerprint density at radius 3 is 2.53 bits per heavy atom. The third kappa shape index (κ3) is 2.38. The van der Waals surface area contributed by atoms with Crippen molar-refractivity contribution in [1.29, 1.82) is 0 Å². The summed E-state index contributed by atoms with van der Waals surface area (Å²) in [4.78, 5) is 11.7. The van der Waals surface area contributed by atoms with Gasteiger partial charge in [0.2, 0.25) is 0 Å². The Morgan fingerprint density at radius 2 is 1.94 bits per heavy atom. The number of Topliss-reactive ketones (excluding diaryl/α,β-unsaturated/α-hetero) is 1. The highest BCUT2D eigenvalue weighted by molar-refractivity contribution is 5.95. The van der Waals surface area contributed by atoms with Crippen LogP contribution in [0.5, 0.6) is 0 Å². The molecule has 0 aliphatic heterocycles. The van der Waals surface area contributed by atoms with Gasteiger partial charge in [0.25, 0.3) is 0 Å². The molecule has 0 atom stereocenters. The summed E-state index contributed by atoms with van der Waals surface area (Å²) >= 11 is 0. The van der Waals surface area contributed by atoms with Crippen molar-refractivity contribution < 1.29 is 9.18 Å². The van der Waals surface area contributed by atoms with Crippen LogP contribution in [0, 0.1) is 11.7 Å². The molecule has 17 heavy (non-hydrogen) atoms. The molecule has 1 aromatic carbocycles. The van der Waals surface area contributed by atoms with E-state index in [9.17, 15) is 9.18 Å². The highest BCUT2D eigenvalue weighted by atomic mass is 19.1. The van der Waals surface area contributed by atoms with Crippen LogP contribution in [-0.2, 0) is 0 Å². The van der Waals surface area contributed by atoms with Gasteiger partial charge in [0, 0.05) is 5.92 Å². The predicted molar refractivity (Wildman–Crippen MR) is 60.5 cm³/mol. The Kier molecular flexibility index (Phi) is 2.99. The molecule has 2 rings (SSSR count). The van der Waals surface area contributed by atoms with Gasteiger partial charge in [-0.25, -0.2) is 9.07 Å². The number of ketones is 1. The molecule has 0 saturated carbocycles. The maximum absolute atomic E-state index is 12.7. The van der Waals surface area contributed by atoms with Gasteiger partial charge in [0.1, 0.15) is 11.5 Å². The van der Waals surface area contributed by atoms with Gasteiger partial charge in [0.05, 0.1) is 11.9 Å². The highest BCUT2D eigenvalue weighted by Crippen LogP contribution is 2.10. The minimum Gasteiger partial charge on any atom is -0.292 e. The smallest absolute Gasteiger partial charge is 0.187 e. The summed E-state index contributed by atoms with van der Waals surface area (Å²) in [6.07, 6.45) is 1.55. The zero-order chi connectivity index (χ0) is 12.4. The monoisotopic (exact) mass is 233 g/mol. The van der Waals surface area contributed by atoms with E-state index in [0.29, 0.717) is 11.4 Å². The first kappa shape index (κ1) is 11.4. The minimum atomic E-state index is -0.313. The van der Waals surface area contributed by atoms with Crippen molar-refractivity contribution in [2.24, 2.45) is 5.92 Å². The van der Waals surface area contributed by atoms with Crippen molar-refractivity contribution in [2.75, 3.05) is 0 Å². The quantitative estimate of drug-likeness (QED) is 0.764. The summed E-state index contributed by atoms with van der Waals surface area (Å²) in [5, 5.41) is 7.65. The van der Waals surface area contributed by atoms with E-state index in [1.165, 1.54) is 16.8 Å². The molecule has 88 valence electrons. The summed E-state index contributed by atoms with van der Waals surface area (Å²) in [5.74, 6) is -0.487. The molecule has 0 N–H and O–H groups in total. The molecule has 0 unspecified atom stereocenters. The van der Waals surface area contributed by atoms with Crippen molar-refractivity contribution in [1.82, 2.24) is 15.0 Å². The molecule has 0 amide bonds. The lowest BCUT2D eigenvalue weighted by Gasteiger charge is -1.99. The molecule has 2 aromatic rings. The maximum atomic E-state index is 12.7. The van der Waals surface area contributed by atoms with Gasteiger partial charge in [-0.15, -0.1) is 5.10 Å². The van der Waals surface area contributed by atoms with Gasteiger partial charge >= 0.3 is 0 Å². The summed E-state index contributed by atoms with van der Waals surface area (Å²) in [5.41, 5.74) is 0.992. The Bertz CT molecular complexity index is 531. The average Bonchev–Trinajstić information content (AvgIpc) is 2.78. The van der Waals surface area contributed by atoms with Crippen molar-refractivity contribution in [3.8, 4) is 5.69 Å². The van der Waals surface area contributed by atoms with E-state index < -0.39 is 0 Å². The topological polar surface area (TPSA) is 47.8 Å². The van der Waals surface area contributed by atoms with E-state index in [0.717, 1.165) is 0 Å². The molecule has 0 saturated heterocycles. The predicted octanol–water partition coefficient (Wildman–Crippen LogP) is 2.25. The first-order chi connectivity index (χ1) is 8.08. The van der Waals surface area contributed by atoms with Crippen LogP contribution in [0.3, 0.4) is 0 Å². The SMILES string of the molecule is CC(C)C(=O)c1cn(-c2ccc(F)cc2)nn1. The maximum Gasteiger partial charge on any atom is 0.187 e. The van der Waals surface area contributed by atoms with E-state index >= 15 is 0 Å². The molecule has 4 nitrogen and oxygen atoms in total. The highest BCUT2D eigenvalue weighted by Gasteiger charge is 2.14. The van der Waals surface area contributed by atoms with Crippen LogP contribution >= 0.6 is 0 Å². The number of benzene rings is 1. The van der Waals surface area contributed by atoms with Gasteiger partial charge in [-0.1, -0.05) is 19.1 Å². The van der Waals surface area contributed by atoms with E-state index in [2.05, 4.69) is 10.3 Å². The van der Waals surface area contributed by atoms with Gasteiger partial charge in [-0.3, -0.25) is 4.79 Å². The van der Waals surface area contributed by atoms with Crippen LogP contribution in [0.1, 0.15) is 24.3 Å². The van der Waals surface area contributed by atoms with Crippen LogP contribution in [0.4, 0.5) is 4.39 Å². The fraction of sp³-hybridized carbons (Fsp3) is 0.250. The fourth-order valence-corrected chi connectivity index (χ4v) is 1.39. The van der Waals surface area contributed by atoms with Crippen LogP contribution in [0.15, 0.2) is 30.5 Å². The van der Waals surface area contributed by atoms with Crippen LogP contribution < -0.4 is 0 Å². The van der Waals surface area contributed by atoms with Crippen LogP contribution in [0.2, 0.25) is 0 Å². The number of aromatic nitrogens is 3. The zero-order valence-electron chi connectivity index (χ0n) is 9.59. The average molecular weight is 233 g/mol. The van der Waals surface area contributed by atoms with Crippen molar-refractivity contribution >= 4 is 5.78 Å². The Balaban J connectivity index is 2.30. The van der Waals surface area contributed by atoms with E-state index in [-0.39, 0.29) is 17.5 Å². The summed E-state index contributed by atoms with van der Waals surface area (Å²) in [7, 11) is 0. The van der Waals surface area contributed by atoms with Crippen molar-refractivity contribution in [3.05, 3.63) is 42.0 Å². The molecule has 0 bridgehead atoms. The Morgan fingerprint density at radius 1 is 1.29 bits per heavy atom. The zero-order valence-corrected chi connectivity index (χ0v) is 9.59. The lowest BCUT2D eigenvalue weighted by Crippen LogP contribution is -2.07. The van der Waals surface area contributed by atoms with Crippen molar-refractivity contribution in [3.63, 3.8) is 0 Å².